The number of amides is 2. The van der Waals surface area contributed by atoms with Crippen LogP contribution in [0.15, 0.2) is 54.7 Å². The molecule has 2 aromatic rings. The van der Waals surface area contributed by atoms with Gasteiger partial charge in [-0.1, -0.05) is 30.3 Å². The van der Waals surface area contributed by atoms with Crippen LogP contribution in [0.1, 0.15) is 56.2 Å². The Balaban J connectivity index is 1.46. The molecule has 0 radical (unpaired) electrons. The van der Waals surface area contributed by atoms with Crippen molar-refractivity contribution in [1.29, 1.82) is 0 Å². The SMILES string of the molecule is CC(=O)N1C=Cc2ccccc2C1CC(=O)Nc1cccc(OC2CCCC2)c1. The summed E-state index contributed by atoms with van der Waals surface area (Å²) < 4.78 is 6.03. The van der Waals surface area contributed by atoms with Gasteiger partial charge in [-0.2, -0.15) is 0 Å². The molecular weight excluding hydrogens is 364 g/mol. The highest BCUT2D eigenvalue weighted by atomic mass is 16.5. The predicted octanol–water partition coefficient (Wildman–Crippen LogP) is 4.91. The summed E-state index contributed by atoms with van der Waals surface area (Å²) in [5.41, 5.74) is 2.73. The van der Waals surface area contributed by atoms with Crippen LogP contribution < -0.4 is 10.1 Å². The Morgan fingerprint density at radius 2 is 1.90 bits per heavy atom. The zero-order valence-electron chi connectivity index (χ0n) is 16.6. The van der Waals surface area contributed by atoms with Gasteiger partial charge in [-0.05, 0) is 55.0 Å². The molecule has 1 atom stereocenters. The lowest BCUT2D eigenvalue weighted by molar-refractivity contribution is -0.129. The molecule has 0 aromatic heterocycles. The third-order valence-corrected chi connectivity index (χ3v) is 5.57. The molecule has 1 unspecified atom stereocenters. The number of carbonyl (C=O) groups is 2. The molecular formula is C24H26N2O3. The third-order valence-electron chi connectivity index (χ3n) is 5.57. The second-order valence-corrected chi connectivity index (χ2v) is 7.69. The molecule has 5 heteroatoms. The summed E-state index contributed by atoms with van der Waals surface area (Å²) in [6.45, 7) is 1.52. The van der Waals surface area contributed by atoms with E-state index in [1.165, 1.54) is 19.8 Å². The summed E-state index contributed by atoms with van der Waals surface area (Å²) >= 11 is 0. The first-order chi connectivity index (χ1) is 14.1. The van der Waals surface area contributed by atoms with Crippen molar-refractivity contribution >= 4 is 23.6 Å². The van der Waals surface area contributed by atoms with Crippen LogP contribution in [0, 0.1) is 0 Å². The minimum atomic E-state index is -0.313. The van der Waals surface area contributed by atoms with Crippen LogP contribution in [-0.4, -0.2) is 22.8 Å². The van der Waals surface area contributed by atoms with Crippen molar-refractivity contribution < 1.29 is 14.3 Å². The highest BCUT2D eigenvalue weighted by Crippen LogP contribution is 2.33. The number of nitrogens with zero attached hydrogens (tertiary/aromatic N) is 1. The maximum atomic E-state index is 12.8. The summed E-state index contributed by atoms with van der Waals surface area (Å²) in [4.78, 5) is 26.5. The molecule has 1 aliphatic heterocycles. The predicted molar refractivity (Wildman–Crippen MR) is 113 cm³/mol. The Bertz CT molecular complexity index is 931. The van der Waals surface area contributed by atoms with Crippen molar-refractivity contribution in [2.45, 2.75) is 51.2 Å². The number of nitrogens with one attached hydrogen (secondary N) is 1. The lowest BCUT2D eigenvalue weighted by Crippen LogP contribution is -2.33. The Morgan fingerprint density at radius 3 is 2.69 bits per heavy atom. The van der Waals surface area contributed by atoms with E-state index in [2.05, 4.69) is 5.32 Å². The molecule has 1 aliphatic carbocycles. The van der Waals surface area contributed by atoms with Gasteiger partial charge < -0.3 is 15.0 Å². The van der Waals surface area contributed by atoms with Gasteiger partial charge in [-0.3, -0.25) is 9.59 Å². The Hall–Kier alpha value is -3.08. The Labute approximate surface area is 171 Å². The standard InChI is InChI=1S/C24H26N2O3/c1-17(27)26-14-13-18-7-2-5-12-22(18)23(26)16-24(28)25-19-8-6-11-21(15-19)29-20-9-3-4-10-20/h2,5-8,11-15,20,23H,3-4,9-10,16H2,1H3,(H,25,28). The van der Waals surface area contributed by atoms with Crippen molar-refractivity contribution in [1.82, 2.24) is 4.90 Å². The van der Waals surface area contributed by atoms with Gasteiger partial charge in [0.2, 0.25) is 11.8 Å². The highest BCUT2D eigenvalue weighted by molar-refractivity contribution is 5.92. The number of ether oxygens (including phenoxy) is 1. The monoisotopic (exact) mass is 390 g/mol. The minimum absolute atomic E-state index is 0.0829. The van der Waals surface area contributed by atoms with Gasteiger partial charge in [0.25, 0.3) is 0 Å². The van der Waals surface area contributed by atoms with Crippen LogP contribution >= 0.6 is 0 Å². The number of benzene rings is 2. The van der Waals surface area contributed by atoms with E-state index in [9.17, 15) is 9.59 Å². The van der Waals surface area contributed by atoms with E-state index in [0.29, 0.717) is 5.69 Å². The molecule has 1 N–H and O–H groups in total. The fourth-order valence-electron chi connectivity index (χ4n) is 4.15. The molecule has 0 bridgehead atoms. The first-order valence-electron chi connectivity index (χ1n) is 10.2. The number of hydrogen-bond donors (Lipinski definition) is 1. The fourth-order valence-corrected chi connectivity index (χ4v) is 4.15. The van der Waals surface area contributed by atoms with Gasteiger partial charge in [-0.25, -0.2) is 0 Å². The molecule has 150 valence electrons. The largest absolute Gasteiger partial charge is 0.490 e. The Morgan fingerprint density at radius 1 is 1.10 bits per heavy atom. The number of anilines is 1. The van der Waals surface area contributed by atoms with Gasteiger partial charge in [0.05, 0.1) is 18.6 Å². The van der Waals surface area contributed by atoms with Crippen LogP contribution in [0.5, 0.6) is 5.75 Å². The lowest BCUT2D eigenvalue weighted by atomic mass is 9.93. The fraction of sp³-hybridized carbons (Fsp3) is 0.333. The normalized spacial score (nSPS) is 18.4. The smallest absolute Gasteiger partial charge is 0.226 e. The zero-order valence-corrected chi connectivity index (χ0v) is 16.6. The number of carbonyl (C=O) groups excluding carboxylic acids is 2. The van der Waals surface area contributed by atoms with Gasteiger partial charge in [0.1, 0.15) is 5.75 Å². The Kier molecular flexibility index (Phi) is 5.65. The average Bonchev–Trinajstić information content (AvgIpc) is 3.21. The first-order valence-corrected chi connectivity index (χ1v) is 10.2. The van der Waals surface area contributed by atoms with E-state index in [4.69, 9.17) is 4.74 Å². The quantitative estimate of drug-likeness (QED) is 0.789. The number of fused-ring (bicyclic) bond motifs is 1. The second kappa shape index (κ2) is 8.52. The van der Waals surface area contributed by atoms with Crippen LogP contribution in [0.25, 0.3) is 6.08 Å². The average molecular weight is 390 g/mol. The van der Waals surface area contributed by atoms with Gasteiger partial charge in [0.15, 0.2) is 0 Å². The highest BCUT2D eigenvalue weighted by Gasteiger charge is 2.28. The second-order valence-electron chi connectivity index (χ2n) is 7.69. The molecule has 1 fully saturated rings. The third kappa shape index (κ3) is 4.50. The van der Waals surface area contributed by atoms with Gasteiger partial charge >= 0.3 is 0 Å². The summed E-state index contributed by atoms with van der Waals surface area (Å²) in [6, 6.07) is 15.1. The molecule has 29 heavy (non-hydrogen) atoms. The number of rotatable bonds is 5. The lowest BCUT2D eigenvalue weighted by Gasteiger charge is -2.32. The zero-order chi connectivity index (χ0) is 20.2. The maximum Gasteiger partial charge on any atom is 0.226 e. The summed E-state index contributed by atoms with van der Waals surface area (Å²) in [6.07, 6.45) is 8.74. The van der Waals surface area contributed by atoms with E-state index in [1.54, 1.807) is 11.1 Å². The van der Waals surface area contributed by atoms with E-state index in [-0.39, 0.29) is 30.4 Å². The van der Waals surface area contributed by atoms with Crippen LogP contribution in [0.4, 0.5) is 5.69 Å². The molecule has 2 amide bonds. The van der Waals surface area contributed by atoms with Crippen LogP contribution in [-0.2, 0) is 9.59 Å². The molecule has 2 aliphatic rings. The molecule has 5 nitrogen and oxygen atoms in total. The summed E-state index contributed by atoms with van der Waals surface area (Å²) in [7, 11) is 0. The minimum Gasteiger partial charge on any atom is -0.490 e. The van der Waals surface area contributed by atoms with Crippen molar-refractivity contribution in [2.75, 3.05) is 5.32 Å². The van der Waals surface area contributed by atoms with Crippen molar-refractivity contribution in [2.24, 2.45) is 0 Å². The van der Waals surface area contributed by atoms with Crippen molar-refractivity contribution in [3.63, 3.8) is 0 Å². The van der Waals surface area contributed by atoms with Crippen molar-refractivity contribution in [3.8, 4) is 5.75 Å². The molecule has 1 heterocycles. The molecule has 0 spiro atoms. The molecule has 0 saturated heterocycles. The maximum absolute atomic E-state index is 12.8. The van der Waals surface area contributed by atoms with E-state index >= 15 is 0 Å². The van der Waals surface area contributed by atoms with Crippen LogP contribution in [0.3, 0.4) is 0 Å². The van der Waals surface area contributed by atoms with Gasteiger partial charge in [-0.15, -0.1) is 0 Å². The van der Waals surface area contributed by atoms with E-state index in [1.807, 2.05) is 54.6 Å². The first kappa shape index (κ1) is 19.2. The van der Waals surface area contributed by atoms with Crippen LogP contribution in [0.2, 0.25) is 0 Å². The van der Waals surface area contributed by atoms with E-state index < -0.39 is 0 Å². The number of hydrogen-bond acceptors (Lipinski definition) is 3. The summed E-state index contributed by atoms with van der Waals surface area (Å²) in [5, 5.41) is 2.96. The summed E-state index contributed by atoms with van der Waals surface area (Å²) in [5.74, 6) is 0.566. The topological polar surface area (TPSA) is 58.6 Å². The molecule has 1 saturated carbocycles. The molecule has 2 aromatic carbocycles. The van der Waals surface area contributed by atoms with Crippen molar-refractivity contribution in [3.05, 3.63) is 65.9 Å². The molecule has 4 rings (SSSR count). The van der Waals surface area contributed by atoms with Gasteiger partial charge in [0, 0.05) is 24.9 Å². The van der Waals surface area contributed by atoms with E-state index in [0.717, 1.165) is 29.7 Å².